The van der Waals surface area contributed by atoms with Crippen molar-refractivity contribution in [3.8, 4) is 0 Å². The summed E-state index contributed by atoms with van der Waals surface area (Å²) in [6.45, 7) is 4.33. The maximum absolute atomic E-state index is 13.3. The summed E-state index contributed by atoms with van der Waals surface area (Å²) in [6, 6.07) is 2.45. The molecular weight excluding hydrogens is 279 g/mol. The van der Waals surface area contributed by atoms with Gasteiger partial charge in [0.2, 0.25) is 0 Å². The Morgan fingerprint density at radius 3 is 2.33 bits per heavy atom. The minimum Gasteiger partial charge on any atom is -0.387 e. The van der Waals surface area contributed by atoms with Crippen LogP contribution in [0, 0.1) is 12.7 Å². The quantitative estimate of drug-likeness (QED) is 0.932. The van der Waals surface area contributed by atoms with Crippen molar-refractivity contribution in [3.63, 3.8) is 0 Å². The van der Waals surface area contributed by atoms with E-state index in [1.165, 1.54) is 26.8 Å². The van der Waals surface area contributed by atoms with Crippen molar-refractivity contribution in [2.24, 2.45) is 0 Å². The van der Waals surface area contributed by atoms with Crippen molar-refractivity contribution < 1.29 is 17.9 Å². The highest BCUT2D eigenvalue weighted by Crippen LogP contribution is 2.36. The van der Waals surface area contributed by atoms with Crippen molar-refractivity contribution >= 4 is 21.4 Å². The van der Waals surface area contributed by atoms with Gasteiger partial charge in [-0.1, -0.05) is 11.6 Å². The summed E-state index contributed by atoms with van der Waals surface area (Å²) in [5.74, 6) is -0.492. The highest BCUT2D eigenvalue weighted by molar-refractivity contribution is 7.92. The van der Waals surface area contributed by atoms with Crippen LogP contribution in [-0.4, -0.2) is 24.5 Å². The Labute approximate surface area is 112 Å². The molecule has 0 aliphatic carbocycles. The Kier molecular flexibility index (Phi) is 4.10. The van der Waals surface area contributed by atoms with E-state index < -0.39 is 26.5 Å². The van der Waals surface area contributed by atoms with Crippen LogP contribution < -0.4 is 0 Å². The summed E-state index contributed by atoms with van der Waals surface area (Å²) < 4.78 is 35.2. The fourth-order valence-corrected chi connectivity index (χ4v) is 2.25. The SMILES string of the molecule is Cc1cc(C(O)C(C)(C)S(C)(=O)=O)c(Cl)cc1F. The van der Waals surface area contributed by atoms with Gasteiger partial charge in [0, 0.05) is 16.8 Å². The molecule has 0 bridgehead atoms. The third-order valence-electron chi connectivity index (χ3n) is 3.19. The van der Waals surface area contributed by atoms with E-state index >= 15 is 0 Å². The zero-order chi connectivity index (χ0) is 14.3. The zero-order valence-corrected chi connectivity index (χ0v) is 12.2. The molecule has 18 heavy (non-hydrogen) atoms. The van der Waals surface area contributed by atoms with Crippen molar-refractivity contribution in [3.05, 3.63) is 34.1 Å². The molecule has 0 heterocycles. The number of aliphatic hydroxyl groups excluding tert-OH is 1. The van der Waals surface area contributed by atoms with Gasteiger partial charge in [-0.2, -0.15) is 0 Å². The molecule has 0 aromatic heterocycles. The molecule has 0 radical (unpaired) electrons. The molecule has 6 heteroatoms. The van der Waals surface area contributed by atoms with Crippen LogP contribution in [-0.2, 0) is 9.84 Å². The van der Waals surface area contributed by atoms with E-state index in [-0.39, 0.29) is 10.6 Å². The third kappa shape index (κ3) is 2.68. The van der Waals surface area contributed by atoms with E-state index in [0.29, 0.717) is 5.56 Å². The van der Waals surface area contributed by atoms with E-state index in [9.17, 15) is 17.9 Å². The normalized spacial score (nSPS) is 14.6. The molecule has 1 N–H and O–H groups in total. The summed E-state index contributed by atoms with van der Waals surface area (Å²) >= 11 is 5.86. The lowest BCUT2D eigenvalue weighted by atomic mass is 9.96. The van der Waals surface area contributed by atoms with Gasteiger partial charge in [-0.25, -0.2) is 12.8 Å². The molecule has 1 atom stereocenters. The molecule has 0 aliphatic rings. The van der Waals surface area contributed by atoms with E-state index in [0.717, 1.165) is 12.3 Å². The predicted octanol–water partition coefficient (Wildman–Crippen LogP) is 2.64. The Hall–Kier alpha value is -0.650. The first-order valence-electron chi connectivity index (χ1n) is 5.31. The first-order chi connectivity index (χ1) is 7.98. The van der Waals surface area contributed by atoms with Crippen molar-refractivity contribution in [2.45, 2.75) is 31.6 Å². The van der Waals surface area contributed by atoms with Gasteiger partial charge >= 0.3 is 0 Å². The van der Waals surface area contributed by atoms with Crippen LogP contribution in [0.2, 0.25) is 5.02 Å². The van der Waals surface area contributed by atoms with Gasteiger partial charge in [0.1, 0.15) is 5.82 Å². The van der Waals surface area contributed by atoms with Gasteiger partial charge in [0.05, 0.1) is 10.9 Å². The first kappa shape index (κ1) is 15.4. The molecule has 1 unspecified atom stereocenters. The average molecular weight is 295 g/mol. The van der Waals surface area contributed by atoms with Gasteiger partial charge in [-0.15, -0.1) is 0 Å². The second-order valence-corrected chi connectivity index (χ2v) is 7.90. The Bertz CT molecular complexity index is 567. The van der Waals surface area contributed by atoms with Crippen LogP contribution in [0.4, 0.5) is 4.39 Å². The minimum atomic E-state index is -3.49. The lowest BCUT2D eigenvalue weighted by molar-refractivity contribution is 0.139. The van der Waals surface area contributed by atoms with Gasteiger partial charge in [-0.3, -0.25) is 0 Å². The number of aliphatic hydroxyl groups is 1. The fraction of sp³-hybridized carbons (Fsp3) is 0.500. The monoisotopic (exact) mass is 294 g/mol. The molecule has 0 saturated carbocycles. The van der Waals surface area contributed by atoms with Crippen LogP contribution in [0.5, 0.6) is 0 Å². The molecule has 1 aromatic rings. The number of halogens is 2. The molecule has 0 aliphatic heterocycles. The molecule has 0 spiro atoms. The third-order valence-corrected chi connectivity index (χ3v) is 5.65. The molecule has 3 nitrogen and oxygen atoms in total. The second kappa shape index (κ2) is 4.79. The zero-order valence-electron chi connectivity index (χ0n) is 10.7. The second-order valence-electron chi connectivity index (χ2n) is 4.90. The summed E-state index contributed by atoms with van der Waals surface area (Å²) in [7, 11) is -3.49. The highest BCUT2D eigenvalue weighted by Gasteiger charge is 2.40. The van der Waals surface area contributed by atoms with Crippen LogP contribution >= 0.6 is 11.6 Å². The maximum Gasteiger partial charge on any atom is 0.155 e. The highest BCUT2D eigenvalue weighted by atomic mass is 35.5. The average Bonchev–Trinajstić information content (AvgIpc) is 2.20. The maximum atomic E-state index is 13.3. The predicted molar refractivity (Wildman–Crippen MR) is 70.0 cm³/mol. The van der Waals surface area contributed by atoms with Gasteiger partial charge in [0.15, 0.2) is 9.84 Å². The number of sulfone groups is 1. The standard InChI is InChI=1S/C12H16ClFO3S/c1-7-5-8(9(13)6-10(7)14)11(15)12(2,3)18(4,16)17/h5-6,11,15H,1-4H3. The van der Waals surface area contributed by atoms with Gasteiger partial charge in [-0.05, 0) is 38.5 Å². The number of hydrogen-bond donors (Lipinski definition) is 1. The van der Waals surface area contributed by atoms with E-state index in [2.05, 4.69) is 0 Å². The molecular formula is C12H16ClFO3S. The lowest BCUT2D eigenvalue weighted by Gasteiger charge is -2.29. The Morgan fingerprint density at radius 2 is 1.89 bits per heavy atom. The molecule has 0 saturated heterocycles. The summed E-state index contributed by atoms with van der Waals surface area (Å²) in [5.41, 5.74) is 0.517. The Balaban J connectivity index is 3.36. The van der Waals surface area contributed by atoms with Crippen LogP contribution in [0.15, 0.2) is 12.1 Å². The largest absolute Gasteiger partial charge is 0.387 e. The van der Waals surface area contributed by atoms with Crippen molar-refractivity contribution in [2.75, 3.05) is 6.26 Å². The molecule has 1 aromatic carbocycles. The minimum absolute atomic E-state index is 0.0160. The number of hydrogen-bond acceptors (Lipinski definition) is 3. The summed E-state index contributed by atoms with van der Waals surface area (Å²) in [6.07, 6.45) is -0.278. The van der Waals surface area contributed by atoms with Gasteiger partial charge < -0.3 is 5.11 Å². The Morgan fingerprint density at radius 1 is 1.39 bits per heavy atom. The van der Waals surface area contributed by atoms with E-state index in [1.807, 2.05) is 0 Å². The van der Waals surface area contributed by atoms with E-state index in [1.54, 1.807) is 0 Å². The van der Waals surface area contributed by atoms with Crippen molar-refractivity contribution in [1.29, 1.82) is 0 Å². The molecule has 0 fully saturated rings. The summed E-state index contributed by atoms with van der Waals surface area (Å²) in [4.78, 5) is 0. The van der Waals surface area contributed by atoms with Crippen LogP contribution in [0.25, 0.3) is 0 Å². The lowest BCUT2D eigenvalue weighted by Crippen LogP contribution is -2.38. The fourth-order valence-electron chi connectivity index (χ4n) is 1.47. The molecule has 1 rings (SSSR count). The van der Waals surface area contributed by atoms with Crippen LogP contribution in [0.3, 0.4) is 0 Å². The topological polar surface area (TPSA) is 54.4 Å². The molecule has 102 valence electrons. The van der Waals surface area contributed by atoms with E-state index in [4.69, 9.17) is 11.6 Å². The number of aryl methyl sites for hydroxylation is 1. The van der Waals surface area contributed by atoms with Crippen LogP contribution in [0.1, 0.15) is 31.1 Å². The summed E-state index contributed by atoms with van der Waals surface area (Å²) in [5, 5.41) is 10.2. The molecule has 0 amide bonds. The van der Waals surface area contributed by atoms with Crippen molar-refractivity contribution in [1.82, 2.24) is 0 Å². The van der Waals surface area contributed by atoms with Gasteiger partial charge in [0.25, 0.3) is 0 Å². The number of rotatable bonds is 3. The number of benzene rings is 1. The first-order valence-corrected chi connectivity index (χ1v) is 7.58. The smallest absolute Gasteiger partial charge is 0.155 e.